The van der Waals surface area contributed by atoms with E-state index in [-0.39, 0.29) is 18.2 Å². The lowest BCUT2D eigenvalue weighted by Gasteiger charge is -2.36. The van der Waals surface area contributed by atoms with Crippen molar-refractivity contribution in [2.75, 3.05) is 39.8 Å². The van der Waals surface area contributed by atoms with E-state index < -0.39 is 18.8 Å². The maximum Gasteiger partial charge on any atom is 0.405 e. The smallest absolute Gasteiger partial charge is 0.405 e. The molecule has 2 N–H and O–H groups in total. The summed E-state index contributed by atoms with van der Waals surface area (Å²) in [7, 11) is 1.57. The quantitative estimate of drug-likeness (QED) is 0.769. The summed E-state index contributed by atoms with van der Waals surface area (Å²) in [6, 6.07) is 5.66. The molecule has 1 aromatic rings. The van der Waals surface area contributed by atoms with Crippen LogP contribution in [0.2, 0.25) is 0 Å². The molecule has 2 unspecified atom stereocenters. The van der Waals surface area contributed by atoms with Gasteiger partial charge in [-0.3, -0.25) is 9.69 Å². The fourth-order valence-electron chi connectivity index (χ4n) is 3.06. The second kappa shape index (κ2) is 9.23. The van der Waals surface area contributed by atoms with Gasteiger partial charge in [0.05, 0.1) is 7.11 Å². The molecule has 1 saturated heterocycles. The minimum Gasteiger partial charge on any atom is -0.497 e. The molecule has 1 amide bonds. The number of halogens is 3. The van der Waals surface area contributed by atoms with E-state index in [0.29, 0.717) is 26.2 Å². The molecule has 2 atom stereocenters. The van der Waals surface area contributed by atoms with Crippen LogP contribution >= 0.6 is 0 Å². The molecule has 0 aromatic heterocycles. The molecule has 8 heteroatoms. The zero-order valence-electron chi connectivity index (χ0n) is 15.1. The third kappa shape index (κ3) is 5.88. The van der Waals surface area contributed by atoms with Crippen molar-refractivity contribution in [3.8, 4) is 5.75 Å². The molecule has 1 aliphatic rings. The predicted octanol–water partition coefficient (Wildman–Crippen LogP) is 2.14. The van der Waals surface area contributed by atoms with Crippen LogP contribution in [0.15, 0.2) is 24.3 Å². The number of benzene rings is 1. The van der Waals surface area contributed by atoms with E-state index in [4.69, 9.17) is 4.74 Å². The molecule has 26 heavy (non-hydrogen) atoms. The summed E-state index contributed by atoms with van der Waals surface area (Å²) in [6.07, 6.45) is -4.23. The van der Waals surface area contributed by atoms with Gasteiger partial charge in [0.2, 0.25) is 5.91 Å². The molecule has 1 fully saturated rings. The van der Waals surface area contributed by atoms with Gasteiger partial charge in [-0.15, -0.1) is 0 Å². The molecular weight excluding hydrogens is 347 g/mol. The Balaban J connectivity index is 1.88. The highest BCUT2D eigenvalue weighted by molar-refractivity contribution is 5.76. The number of alkyl halides is 3. The Hall–Kier alpha value is -1.80. The molecule has 2 rings (SSSR count). The normalized spacial score (nSPS) is 18.2. The highest BCUT2D eigenvalue weighted by Gasteiger charge is 2.43. The van der Waals surface area contributed by atoms with E-state index >= 15 is 0 Å². The number of hydrogen-bond acceptors (Lipinski definition) is 4. The first-order chi connectivity index (χ1) is 12.3. The molecule has 0 aliphatic carbocycles. The Morgan fingerprint density at radius 1 is 1.27 bits per heavy atom. The molecular formula is C18H26F3N3O2. The first-order valence-corrected chi connectivity index (χ1v) is 8.73. The summed E-state index contributed by atoms with van der Waals surface area (Å²) < 4.78 is 45.1. The maximum atomic E-state index is 13.3. The van der Waals surface area contributed by atoms with Gasteiger partial charge >= 0.3 is 6.18 Å². The maximum absolute atomic E-state index is 13.3. The Kier molecular flexibility index (Phi) is 7.28. The second-order valence-electron chi connectivity index (χ2n) is 6.53. The molecule has 0 saturated carbocycles. The van der Waals surface area contributed by atoms with E-state index in [1.807, 2.05) is 19.1 Å². The highest BCUT2D eigenvalue weighted by Crippen LogP contribution is 2.25. The number of rotatable bonds is 7. The molecule has 0 radical (unpaired) electrons. The Bertz CT molecular complexity index is 572. The Morgan fingerprint density at radius 2 is 1.88 bits per heavy atom. The van der Waals surface area contributed by atoms with E-state index in [0.717, 1.165) is 11.3 Å². The van der Waals surface area contributed by atoms with Crippen molar-refractivity contribution >= 4 is 5.91 Å². The number of amides is 1. The number of nitrogens with one attached hydrogen (secondary N) is 2. The largest absolute Gasteiger partial charge is 0.497 e. The SMILES string of the molecule is COc1ccc(C(C)CC(=O)NCC(N2CCNCC2)C(F)(F)F)cc1. The number of ether oxygens (including phenoxy) is 1. The van der Waals surface area contributed by atoms with E-state index in [9.17, 15) is 18.0 Å². The van der Waals surface area contributed by atoms with Crippen LogP contribution in [0.5, 0.6) is 5.75 Å². The van der Waals surface area contributed by atoms with E-state index in [1.165, 1.54) is 4.90 Å². The standard InChI is InChI=1S/C18H26F3N3O2/c1-13(14-3-5-15(26-2)6-4-14)11-17(25)23-12-16(18(19,20)21)24-9-7-22-8-10-24/h3-6,13,16,22H,7-12H2,1-2H3,(H,23,25). The summed E-state index contributed by atoms with van der Waals surface area (Å²) in [4.78, 5) is 13.5. The molecule has 1 heterocycles. The molecule has 1 aromatic carbocycles. The number of piperazine rings is 1. The molecule has 0 bridgehead atoms. The van der Waals surface area contributed by atoms with Crippen molar-refractivity contribution in [2.24, 2.45) is 0 Å². The Labute approximate surface area is 151 Å². The van der Waals surface area contributed by atoms with Crippen LogP contribution in [0, 0.1) is 0 Å². The van der Waals surface area contributed by atoms with Crippen molar-refractivity contribution in [3.05, 3.63) is 29.8 Å². The summed E-state index contributed by atoms with van der Waals surface area (Å²) >= 11 is 0. The minimum absolute atomic E-state index is 0.0931. The fourth-order valence-corrected chi connectivity index (χ4v) is 3.06. The first kappa shape index (κ1) is 20.5. The van der Waals surface area contributed by atoms with Crippen LogP contribution in [0.25, 0.3) is 0 Å². The van der Waals surface area contributed by atoms with Crippen molar-refractivity contribution < 1.29 is 22.7 Å². The highest BCUT2D eigenvalue weighted by atomic mass is 19.4. The van der Waals surface area contributed by atoms with Crippen LogP contribution < -0.4 is 15.4 Å². The van der Waals surface area contributed by atoms with E-state index in [1.54, 1.807) is 19.2 Å². The lowest BCUT2D eigenvalue weighted by Crippen LogP contribution is -2.57. The number of hydrogen-bond donors (Lipinski definition) is 2. The van der Waals surface area contributed by atoms with Gasteiger partial charge in [0.15, 0.2) is 0 Å². The summed E-state index contributed by atoms with van der Waals surface area (Å²) in [5.74, 6) is 0.247. The van der Waals surface area contributed by atoms with Gasteiger partial charge in [0, 0.05) is 39.1 Å². The molecule has 146 valence electrons. The van der Waals surface area contributed by atoms with Crippen molar-refractivity contribution in [2.45, 2.75) is 31.5 Å². The van der Waals surface area contributed by atoms with Gasteiger partial charge in [-0.05, 0) is 23.6 Å². The van der Waals surface area contributed by atoms with Crippen LogP contribution in [0.1, 0.15) is 24.8 Å². The first-order valence-electron chi connectivity index (χ1n) is 8.73. The van der Waals surface area contributed by atoms with Crippen molar-refractivity contribution in [1.29, 1.82) is 0 Å². The number of carbonyl (C=O) groups excluding carboxylic acids is 1. The molecule has 0 spiro atoms. The molecule has 1 aliphatic heterocycles. The van der Waals surface area contributed by atoms with Crippen LogP contribution in [0.4, 0.5) is 13.2 Å². The van der Waals surface area contributed by atoms with Gasteiger partial charge < -0.3 is 15.4 Å². The third-order valence-electron chi connectivity index (χ3n) is 4.64. The van der Waals surface area contributed by atoms with Crippen LogP contribution in [0.3, 0.4) is 0 Å². The van der Waals surface area contributed by atoms with Crippen LogP contribution in [-0.4, -0.2) is 62.9 Å². The van der Waals surface area contributed by atoms with Crippen LogP contribution in [-0.2, 0) is 4.79 Å². The average molecular weight is 373 g/mol. The third-order valence-corrected chi connectivity index (χ3v) is 4.64. The number of nitrogens with zero attached hydrogens (tertiary/aromatic N) is 1. The lowest BCUT2D eigenvalue weighted by molar-refractivity contribution is -0.184. The zero-order chi connectivity index (χ0) is 19.2. The zero-order valence-corrected chi connectivity index (χ0v) is 15.1. The van der Waals surface area contributed by atoms with Gasteiger partial charge in [-0.2, -0.15) is 13.2 Å². The second-order valence-corrected chi connectivity index (χ2v) is 6.53. The van der Waals surface area contributed by atoms with Crippen molar-refractivity contribution in [3.63, 3.8) is 0 Å². The van der Waals surface area contributed by atoms with Gasteiger partial charge in [0.1, 0.15) is 11.8 Å². The predicted molar refractivity (Wildman–Crippen MR) is 93.3 cm³/mol. The molecule has 5 nitrogen and oxygen atoms in total. The summed E-state index contributed by atoms with van der Waals surface area (Å²) in [6.45, 7) is 3.14. The Morgan fingerprint density at radius 3 is 2.42 bits per heavy atom. The van der Waals surface area contributed by atoms with Gasteiger partial charge in [0.25, 0.3) is 0 Å². The minimum atomic E-state index is -4.37. The lowest BCUT2D eigenvalue weighted by atomic mass is 9.97. The number of carbonyl (C=O) groups is 1. The topological polar surface area (TPSA) is 53.6 Å². The van der Waals surface area contributed by atoms with Gasteiger partial charge in [-0.1, -0.05) is 19.1 Å². The monoisotopic (exact) mass is 373 g/mol. The van der Waals surface area contributed by atoms with E-state index in [2.05, 4.69) is 10.6 Å². The summed E-state index contributed by atoms with van der Waals surface area (Å²) in [5, 5.41) is 5.50. The number of methoxy groups -OCH3 is 1. The fraction of sp³-hybridized carbons (Fsp3) is 0.611. The summed E-state index contributed by atoms with van der Waals surface area (Å²) in [5.41, 5.74) is 0.940. The average Bonchev–Trinajstić information content (AvgIpc) is 2.61. The van der Waals surface area contributed by atoms with Gasteiger partial charge in [-0.25, -0.2) is 0 Å². The van der Waals surface area contributed by atoms with Crippen molar-refractivity contribution in [1.82, 2.24) is 15.5 Å².